The first-order chi connectivity index (χ1) is 19.7. The molecule has 0 aliphatic rings. The molecule has 0 aliphatic carbocycles. The van der Waals surface area contributed by atoms with E-state index in [1.165, 1.54) is 29.7 Å². The molecule has 4 rings (SSSR count). The van der Waals surface area contributed by atoms with E-state index in [9.17, 15) is 31.9 Å². The summed E-state index contributed by atoms with van der Waals surface area (Å²) in [5, 5.41) is 9.84. The number of carboxylic acid groups (broad SMARTS) is 1. The molecule has 2 heterocycles. The van der Waals surface area contributed by atoms with Gasteiger partial charge in [0.1, 0.15) is 17.2 Å². The molecule has 11 nitrogen and oxygen atoms in total. The number of carboxylic acids is 1. The van der Waals surface area contributed by atoms with Crippen LogP contribution in [0.3, 0.4) is 0 Å². The van der Waals surface area contributed by atoms with Crippen LogP contribution in [0.15, 0.2) is 52.1 Å². The van der Waals surface area contributed by atoms with Gasteiger partial charge in [-0.3, -0.25) is 18.7 Å². The third kappa shape index (κ3) is 7.83. The van der Waals surface area contributed by atoms with Crippen molar-refractivity contribution in [1.29, 1.82) is 0 Å². The van der Waals surface area contributed by atoms with Crippen LogP contribution >= 0.6 is 0 Å². The van der Waals surface area contributed by atoms with E-state index in [1.54, 1.807) is 12.1 Å². The average molecular weight is 593 g/mol. The number of fused-ring (bicyclic) bond motifs is 1. The highest BCUT2D eigenvalue weighted by molar-refractivity contribution is 5.88. The molecular weight excluding hydrogens is 564 g/mol. The summed E-state index contributed by atoms with van der Waals surface area (Å²) >= 11 is 0. The van der Waals surface area contributed by atoms with Gasteiger partial charge >= 0.3 is 17.8 Å². The quantitative estimate of drug-likeness (QED) is 0.179. The Hall–Kier alpha value is -4.95. The van der Waals surface area contributed by atoms with Crippen molar-refractivity contribution in [3.8, 4) is 0 Å². The van der Waals surface area contributed by atoms with Crippen molar-refractivity contribution in [1.82, 2.24) is 19.1 Å². The van der Waals surface area contributed by atoms with Gasteiger partial charge in [-0.1, -0.05) is 25.5 Å². The second kappa shape index (κ2) is 13.1. The minimum Gasteiger partial charge on any atom is -0.475 e. The third-order valence-electron chi connectivity index (χ3n) is 5.93. The van der Waals surface area contributed by atoms with E-state index in [0.717, 1.165) is 16.6 Å². The molecule has 0 saturated carbocycles. The Bertz CT molecular complexity index is 1710. The van der Waals surface area contributed by atoms with Crippen LogP contribution in [0, 0.1) is 5.82 Å². The smallest absolute Gasteiger partial charge is 0.475 e. The van der Waals surface area contributed by atoms with Crippen molar-refractivity contribution in [2.24, 2.45) is 0 Å². The molecule has 0 radical (unpaired) electrons. The van der Waals surface area contributed by atoms with Crippen molar-refractivity contribution >= 4 is 34.4 Å². The van der Waals surface area contributed by atoms with Crippen LogP contribution in [-0.2, 0) is 29.1 Å². The molecule has 42 heavy (non-hydrogen) atoms. The highest BCUT2D eigenvalue weighted by Crippen LogP contribution is 2.16. The number of aromatic amines is 1. The lowest BCUT2D eigenvalue weighted by atomic mass is 10.1. The molecule has 15 heteroatoms. The number of unbranched alkanes of at least 4 members (excludes halogenated alkanes) is 1. The molecule has 0 atom stereocenters. The number of carbonyl (C=O) groups excluding carboxylic acids is 1. The minimum atomic E-state index is -5.08. The number of rotatable bonds is 8. The maximum atomic E-state index is 14.4. The van der Waals surface area contributed by atoms with Gasteiger partial charge in [-0.05, 0) is 42.3 Å². The zero-order chi connectivity index (χ0) is 31.2. The number of nitrogens with zero attached hydrogens (tertiary/aromatic N) is 3. The summed E-state index contributed by atoms with van der Waals surface area (Å²) in [6, 6.07) is 11.3. The van der Waals surface area contributed by atoms with E-state index in [-0.39, 0.29) is 29.2 Å². The van der Waals surface area contributed by atoms with Crippen molar-refractivity contribution in [2.75, 3.05) is 11.1 Å². The predicted octanol–water partition coefficient (Wildman–Crippen LogP) is 3.64. The molecule has 0 unspecified atom stereocenters. The highest BCUT2D eigenvalue weighted by atomic mass is 19.4. The van der Waals surface area contributed by atoms with Crippen molar-refractivity contribution < 1.29 is 32.3 Å². The normalized spacial score (nSPS) is 11.2. The number of aliphatic carboxylic acids is 1. The standard InChI is InChI=1S/C25H27FN6O3.C2HF3O2/c1-3-4-11-31-23-22(24(34)32(25(31)35)14-17-13-18(27)7-10-20(17)26)29-21(30-23)12-16-5-8-19(9-6-16)28-15(2)33;3-2(4,5)1(6)7/h5-10,13H,3-4,11-12,14,27H2,1-2H3,(H,28,33)(H,29,30);(H,6,7). The molecule has 224 valence electrons. The lowest BCUT2D eigenvalue weighted by Crippen LogP contribution is -2.40. The van der Waals surface area contributed by atoms with Gasteiger partial charge in [-0.25, -0.2) is 19.0 Å². The molecule has 4 aromatic rings. The number of imidazole rings is 1. The van der Waals surface area contributed by atoms with E-state index in [1.807, 2.05) is 19.1 Å². The number of amides is 1. The molecule has 0 saturated heterocycles. The van der Waals surface area contributed by atoms with Crippen molar-refractivity contribution in [3.05, 3.63) is 86.1 Å². The molecule has 2 aromatic heterocycles. The van der Waals surface area contributed by atoms with Crippen LogP contribution in [-0.4, -0.2) is 42.3 Å². The van der Waals surface area contributed by atoms with Gasteiger partial charge in [0.05, 0.1) is 6.54 Å². The van der Waals surface area contributed by atoms with Gasteiger partial charge in [0.25, 0.3) is 5.56 Å². The number of carbonyl (C=O) groups is 2. The summed E-state index contributed by atoms with van der Waals surface area (Å²) in [4.78, 5) is 54.3. The Morgan fingerprint density at radius 3 is 2.31 bits per heavy atom. The molecule has 1 amide bonds. The summed E-state index contributed by atoms with van der Waals surface area (Å²) in [5.74, 6) is -2.94. The van der Waals surface area contributed by atoms with Gasteiger partial charge in [0.15, 0.2) is 5.65 Å². The zero-order valence-electron chi connectivity index (χ0n) is 22.6. The van der Waals surface area contributed by atoms with Gasteiger partial charge < -0.3 is 21.1 Å². The molecular formula is C27H28F4N6O5. The second-order valence-corrected chi connectivity index (χ2v) is 9.27. The van der Waals surface area contributed by atoms with Crippen LogP contribution in [0.1, 0.15) is 43.6 Å². The first kappa shape index (κ1) is 31.6. The topological polar surface area (TPSA) is 165 Å². The van der Waals surface area contributed by atoms with Crippen LogP contribution < -0.4 is 22.3 Å². The fourth-order valence-electron chi connectivity index (χ4n) is 3.94. The highest BCUT2D eigenvalue weighted by Gasteiger charge is 2.38. The van der Waals surface area contributed by atoms with Crippen LogP contribution in [0.5, 0.6) is 0 Å². The largest absolute Gasteiger partial charge is 0.490 e. The number of nitrogens with one attached hydrogen (secondary N) is 2. The summed E-state index contributed by atoms with van der Waals surface area (Å²) in [6.07, 6.45) is -3.14. The van der Waals surface area contributed by atoms with Crippen molar-refractivity contribution in [3.63, 3.8) is 0 Å². The van der Waals surface area contributed by atoms with E-state index in [2.05, 4.69) is 15.3 Å². The first-order valence-corrected chi connectivity index (χ1v) is 12.6. The fraction of sp³-hybridized carbons (Fsp3) is 0.296. The lowest BCUT2D eigenvalue weighted by Gasteiger charge is -2.12. The molecule has 0 spiro atoms. The van der Waals surface area contributed by atoms with Crippen molar-refractivity contribution in [2.45, 2.75) is 52.4 Å². The molecule has 0 fully saturated rings. The number of nitrogens with two attached hydrogens (primary N) is 1. The monoisotopic (exact) mass is 592 g/mol. The Kier molecular flexibility index (Phi) is 9.88. The Morgan fingerprint density at radius 1 is 1.10 bits per heavy atom. The predicted molar refractivity (Wildman–Crippen MR) is 147 cm³/mol. The number of nitrogen functional groups attached to an aromatic ring is 1. The maximum Gasteiger partial charge on any atom is 0.490 e. The minimum absolute atomic E-state index is 0.157. The zero-order valence-corrected chi connectivity index (χ0v) is 22.6. The van der Waals surface area contributed by atoms with E-state index in [0.29, 0.717) is 36.6 Å². The summed E-state index contributed by atoms with van der Waals surface area (Å²) in [6.45, 7) is 3.58. The number of alkyl halides is 3. The SMILES string of the molecule is CCCCn1c(=O)n(Cc2cc(N)ccc2F)c(=O)c2[nH]c(Cc3ccc(NC(C)=O)cc3)nc21.O=C(O)C(F)(F)F. The Balaban J connectivity index is 0.000000616. The fourth-order valence-corrected chi connectivity index (χ4v) is 3.94. The lowest BCUT2D eigenvalue weighted by molar-refractivity contribution is -0.192. The number of hydrogen-bond donors (Lipinski definition) is 4. The molecule has 0 bridgehead atoms. The maximum absolute atomic E-state index is 14.4. The number of H-pyrrole nitrogens is 1. The van der Waals surface area contributed by atoms with Crippen LogP contribution in [0.4, 0.5) is 28.9 Å². The first-order valence-electron chi connectivity index (χ1n) is 12.6. The summed E-state index contributed by atoms with van der Waals surface area (Å²) < 4.78 is 48.6. The average Bonchev–Trinajstić information content (AvgIpc) is 3.33. The Morgan fingerprint density at radius 2 is 1.74 bits per heavy atom. The number of benzene rings is 2. The number of hydrogen-bond acceptors (Lipinski definition) is 6. The second-order valence-electron chi connectivity index (χ2n) is 9.27. The molecule has 5 N–H and O–H groups in total. The number of anilines is 2. The van der Waals surface area contributed by atoms with Gasteiger partial charge in [-0.15, -0.1) is 0 Å². The number of aryl methyl sites for hydroxylation is 1. The van der Waals surface area contributed by atoms with Gasteiger partial charge in [-0.2, -0.15) is 13.2 Å². The Labute approximate surface area is 235 Å². The summed E-state index contributed by atoms with van der Waals surface area (Å²) in [7, 11) is 0. The number of halogens is 4. The van der Waals surface area contributed by atoms with E-state index >= 15 is 0 Å². The third-order valence-corrected chi connectivity index (χ3v) is 5.93. The van der Waals surface area contributed by atoms with Gasteiger partial charge in [0, 0.05) is 36.8 Å². The van der Waals surface area contributed by atoms with E-state index < -0.39 is 29.2 Å². The molecule has 0 aliphatic heterocycles. The van der Waals surface area contributed by atoms with Crippen LogP contribution in [0.25, 0.3) is 11.2 Å². The number of aromatic nitrogens is 4. The summed E-state index contributed by atoms with van der Waals surface area (Å²) in [5.41, 5.74) is 7.21. The van der Waals surface area contributed by atoms with E-state index in [4.69, 9.17) is 15.6 Å². The molecule has 2 aromatic carbocycles. The van der Waals surface area contributed by atoms with Crippen LogP contribution in [0.2, 0.25) is 0 Å². The van der Waals surface area contributed by atoms with Gasteiger partial charge in [0.2, 0.25) is 5.91 Å².